The average molecular weight is 331 g/mol. The van der Waals surface area contributed by atoms with E-state index in [1.807, 2.05) is 6.07 Å². The van der Waals surface area contributed by atoms with Crippen LogP contribution in [0.3, 0.4) is 0 Å². The lowest BCUT2D eigenvalue weighted by molar-refractivity contribution is 0.0753. The second-order valence-corrected chi connectivity index (χ2v) is 6.85. The second-order valence-electron chi connectivity index (χ2n) is 6.85. The zero-order chi connectivity index (χ0) is 16.7. The Bertz CT molecular complexity index is 810. The Hall–Kier alpha value is -2.08. The highest BCUT2D eigenvalue weighted by Crippen LogP contribution is 2.38. The van der Waals surface area contributed by atoms with Crippen molar-refractivity contribution in [3.05, 3.63) is 63.6 Å². The summed E-state index contributed by atoms with van der Waals surface area (Å²) in [5.74, 6) is 0.0398. The number of aromatic nitrogens is 2. The van der Waals surface area contributed by atoms with E-state index in [0.29, 0.717) is 30.5 Å². The van der Waals surface area contributed by atoms with Crippen molar-refractivity contribution in [3.8, 4) is 0 Å². The van der Waals surface area contributed by atoms with Gasteiger partial charge in [0.1, 0.15) is 11.6 Å². The molecule has 0 radical (unpaired) electrons. The lowest BCUT2D eigenvalue weighted by atomic mass is 9.99. The van der Waals surface area contributed by atoms with Gasteiger partial charge in [-0.15, -0.1) is 0 Å². The van der Waals surface area contributed by atoms with Gasteiger partial charge in [-0.25, -0.2) is 13.5 Å². The first-order valence-electron chi connectivity index (χ1n) is 8.33. The van der Waals surface area contributed by atoms with Crippen LogP contribution in [0.1, 0.15) is 30.0 Å². The number of hydrogen-bond donors (Lipinski definition) is 0. The smallest absolute Gasteiger partial charge is 0.266 e. The minimum absolute atomic E-state index is 0.0750. The van der Waals surface area contributed by atoms with Gasteiger partial charge in [0, 0.05) is 43.1 Å². The zero-order valence-electron chi connectivity index (χ0n) is 13.3. The Balaban J connectivity index is 1.35. The number of benzene rings is 1. The van der Waals surface area contributed by atoms with Gasteiger partial charge in [0.05, 0.1) is 12.2 Å². The average Bonchev–Trinajstić information content (AvgIpc) is 3.35. The van der Waals surface area contributed by atoms with E-state index < -0.39 is 5.82 Å². The molecule has 2 heterocycles. The Kier molecular flexibility index (Phi) is 3.92. The Morgan fingerprint density at radius 1 is 1.12 bits per heavy atom. The summed E-state index contributed by atoms with van der Waals surface area (Å²) in [6, 6.07) is 6.96. The van der Waals surface area contributed by atoms with E-state index in [-0.39, 0.29) is 11.4 Å². The zero-order valence-corrected chi connectivity index (χ0v) is 13.3. The summed E-state index contributed by atoms with van der Waals surface area (Å²) < 4.78 is 28.4. The van der Waals surface area contributed by atoms with Gasteiger partial charge in [-0.3, -0.25) is 9.69 Å². The van der Waals surface area contributed by atoms with Crippen LogP contribution >= 0.6 is 0 Å². The maximum absolute atomic E-state index is 13.7. The molecule has 0 N–H and O–H groups in total. The molecule has 6 heteroatoms. The minimum Gasteiger partial charge on any atom is -0.298 e. The van der Waals surface area contributed by atoms with Crippen LogP contribution in [0.2, 0.25) is 0 Å². The monoisotopic (exact) mass is 331 g/mol. The van der Waals surface area contributed by atoms with Gasteiger partial charge >= 0.3 is 0 Å². The molecule has 1 aliphatic heterocycles. The van der Waals surface area contributed by atoms with Crippen molar-refractivity contribution in [1.82, 2.24) is 14.7 Å². The molecule has 1 aromatic carbocycles. The molecule has 4 rings (SSSR count). The van der Waals surface area contributed by atoms with Crippen LogP contribution < -0.4 is 5.56 Å². The van der Waals surface area contributed by atoms with Gasteiger partial charge in [0.2, 0.25) is 0 Å². The first kappa shape index (κ1) is 15.4. The van der Waals surface area contributed by atoms with E-state index in [1.165, 1.54) is 6.07 Å². The highest BCUT2D eigenvalue weighted by atomic mass is 19.1. The number of nitrogens with zero attached hydrogens (tertiary/aromatic N) is 3. The van der Waals surface area contributed by atoms with Gasteiger partial charge in [-0.2, -0.15) is 5.10 Å². The summed E-state index contributed by atoms with van der Waals surface area (Å²) in [5.41, 5.74) is 1.31. The molecule has 2 aliphatic rings. The summed E-state index contributed by atoms with van der Waals surface area (Å²) >= 11 is 0. The summed E-state index contributed by atoms with van der Waals surface area (Å²) in [4.78, 5) is 14.0. The molecule has 4 nitrogen and oxygen atoms in total. The van der Waals surface area contributed by atoms with Crippen molar-refractivity contribution in [3.63, 3.8) is 0 Å². The SMILES string of the molecule is O=c1ccc(C2CC2)nn1CC1CN(Cc2cc(F)ccc2F)C1. The van der Waals surface area contributed by atoms with E-state index in [4.69, 9.17) is 0 Å². The number of hydrogen-bond acceptors (Lipinski definition) is 3. The van der Waals surface area contributed by atoms with Crippen molar-refractivity contribution < 1.29 is 8.78 Å². The van der Waals surface area contributed by atoms with Crippen LogP contribution in [0.15, 0.2) is 35.1 Å². The largest absolute Gasteiger partial charge is 0.298 e. The lowest BCUT2D eigenvalue weighted by Crippen LogP contribution is -2.49. The summed E-state index contributed by atoms with van der Waals surface area (Å²) in [5, 5.41) is 4.47. The van der Waals surface area contributed by atoms with Gasteiger partial charge in [-0.05, 0) is 37.1 Å². The van der Waals surface area contributed by atoms with E-state index >= 15 is 0 Å². The molecule has 0 atom stereocenters. The molecular formula is C18H19F2N3O. The highest BCUT2D eigenvalue weighted by molar-refractivity contribution is 5.19. The summed E-state index contributed by atoms with van der Waals surface area (Å²) in [6.07, 6.45) is 2.31. The summed E-state index contributed by atoms with van der Waals surface area (Å²) in [6.45, 7) is 2.50. The molecular weight excluding hydrogens is 312 g/mol. The van der Waals surface area contributed by atoms with Gasteiger partial charge in [0.25, 0.3) is 5.56 Å². The van der Waals surface area contributed by atoms with Crippen molar-refractivity contribution in [2.75, 3.05) is 13.1 Å². The quantitative estimate of drug-likeness (QED) is 0.845. The van der Waals surface area contributed by atoms with Crippen LogP contribution in [0.5, 0.6) is 0 Å². The summed E-state index contributed by atoms with van der Waals surface area (Å²) in [7, 11) is 0. The molecule has 126 valence electrons. The topological polar surface area (TPSA) is 38.1 Å². The van der Waals surface area contributed by atoms with E-state index in [1.54, 1.807) is 10.7 Å². The molecule has 1 saturated carbocycles. The molecule has 0 bridgehead atoms. The van der Waals surface area contributed by atoms with Crippen LogP contribution in [-0.2, 0) is 13.1 Å². The third kappa shape index (κ3) is 3.24. The molecule has 0 amide bonds. The van der Waals surface area contributed by atoms with E-state index in [0.717, 1.165) is 43.8 Å². The molecule has 24 heavy (non-hydrogen) atoms. The maximum Gasteiger partial charge on any atom is 0.266 e. The molecule has 1 saturated heterocycles. The van der Waals surface area contributed by atoms with E-state index in [9.17, 15) is 13.6 Å². The predicted octanol–water partition coefficient (Wildman–Crippen LogP) is 2.53. The molecule has 0 spiro atoms. The normalized spacial score (nSPS) is 18.6. The molecule has 2 aromatic rings. The second kappa shape index (κ2) is 6.09. The Labute approximate surface area is 138 Å². The molecule has 0 unspecified atom stereocenters. The molecule has 1 aromatic heterocycles. The van der Waals surface area contributed by atoms with Crippen molar-refractivity contribution in [1.29, 1.82) is 0 Å². The van der Waals surface area contributed by atoms with Crippen molar-refractivity contribution in [2.45, 2.75) is 31.8 Å². The van der Waals surface area contributed by atoms with Crippen molar-refractivity contribution >= 4 is 0 Å². The Morgan fingerprint density at radius 3 is 2.67 bits per heavy atom. The first-order valence-corrected chi connectivity index (χ1v) is 8.33. The first-order chi connectivity index (χ1) is 11.6. The fourth-order valence-corrected chi connectivity index (χ4v) is 3.26. The van der Waals surface area contributed by atoms with Crippen molar-refractivity contribution in [2.24, 2.45) is 5.92 Å². The van der Waals surface area contributed by atoms with Crippen LogP contribution in [0.25, 0.3) is 0 Å². The number of halogens is 2. The van der Waals surface area contributed by atoms with Gasteiger partial charge in [0.15, 0.2) is 0 Å². The molecule has 1 aliphatic carbocycles. The number of likely N-dealkylation sites (tertiary alicyclic amines) is 1. The van der Waals surface area contributed by atoms with Gasteiger partial charge < -0.3 is 0 Å². The highest BCUT2D eigenvalue weighted by Gasteiger charge is 2.29. The van der Waals surface area contributed by atoms with Crippen LogP contribution in [-0.4, -0.2) is 27.8 Å². The third-order valence-corrected chi connectivity index (χ3v) is 4.75. The number of rotatable bonds is 5. The minimum atomic E-state index is -0.420. The predicted molar refractivity (Wildman–Crippen MR) is 85.6 cm³/mol. The van der Waals surface area contributed by atoms with E-state index in [2.05, 4.69) is 10.00 Å². The molecule has 2 fully saturated rings. The Morgan fingerprint density at radius 2 is 1.92 bits per heavy atom. The maximum atomic E-state index is 13.7. The van der Waals surface area contributed by atoms with Crippen LogP contribution in [0, 0.1) is 17.6 Å². The van der Waals surface area contributed by atoms with Crippen LogP contribution in [0.4, 0.5) is 8.78 Å². The fourth-order valence-electron chi connectivity index (χ4n) is 3.26. The third-order valence-electron chi connectivity index (χ3n) is 4.75. The standard InChI is InChI=1S/C18H19F2N3O/c19-15-3-4-16(20)14(7-15)11-22-8-12(9-22)10-23-18(24)6-5-17(21-23)13-1-2-13/h3-7,12-13H,1-2,8-11H2. The van der Waals surface area contributed by atoms with Gasteiger partial charge in [-0.1, -0.05) is 0 Å². The lowest BCUT2D eigenvalue weighted by Gasteiger charge is -2.39. The fraction of sp³-hybridized carbons (Fsp3) is 0.444.